The molecule has 1 aromatic carbocycles. The van der Waals surface area contributed by atoms with E-state index in [-0.39, 0.29) is 23.4 Å². The molecule has 0 saturated heterocycles. The van der Waals surface area contributed by atoms with Crippen molar-refractivity contribution in [3.8, 4) is 0 Å². The van der Waals surface area contributed by atoms with E-state index in [1.54, 1.807) is 0 Å². The molecule has 0 aliphatic carbocycles. The Kier molecular flexibility index (Phi) is 13.1. The summed E-state index contributed by atoms with van der Waals surface area (Å²) in [6.07, 6.45) is -0.616. The van der Waals surface area contributed by atoms with Crippen molar-refractivity contribution in [3.63, 3.8) is 0 Å². The highest BCUT2D eigenvalue weighted by Gasteiger charge is 2.29. The van der Waals surface area contributed by atoms with Gasteiger partial charge in [0.1, 0.15) is 12.1 Å². The summed E-state index contributed by atoms with van der Waals surface area (Å²) in [6, 6.07) is -1.16. The van der Waals surface area contributed by atoms with Gasteiger partial charge in [0.2, 0.25) is 11.8 Å². The molecule has 11 nitrogen and oxygen atoms in total. The third-order valence-corrected chi connectivity index (χ3v) is 7.70. The van der Waals surface area contributed by atoms with Crippen LogP contribution in [0.1, 0.15) is 49.9 Å². The Morgan fingerprint density at radius 3 is 2.00 bits per heavy atom. The maximum absolute atomic E-state index is 13.2. The van der Waals surface area contributed by atoms with E-state index in [9.17, 15) is 34.2 Å². The Balaban J connectivity index is 3.46. The molecule has 0 fully saturated rings. The molecule has 0 aliphatic heterocycles. The maximum atomic E-state index is 13.2. The minimum atomic E-state index is -1.32. The number of carboxylic acids is 1. The van der Waals surface area contributed by atoms with Gasteiger partial charge in [0.25, 0.3) is 5.91 Å². The van der Waals surface area contributed by atoms with E-state index in [2.05, 4.69) is 16.0 Å². The minimum Gasteiger partial charge on any atom is -0.480 e. The number of benzene rings is 1. The summed E-state index contributed by atoms with van der Waals surface area (Å²) in [6.45, 7) is 2.92. The van der Waals surface area contributed by atoms with Crippen LogP contribution in [0.3, 0.4) is 0 Å². The number of nitrogens with one attached hydrogen (secondary N) is 3. The average molecular weight is 814 g/mol. The van der Waals surface area contributed by atoms with E-state index in [1.165, 1.54) is 13.8 Å². The monoisotopic (exact) mass is 814 g/mol. The van der Waals surface area contributed by atoms with Crippen molar-refractivity contribution in [3.05, 3.63) is 16.3 Å². The number of anilines is 2. The highest BCUT2D eigenvalue weighted by molar-refractivity contribution is 14.1. The molecule has 34 heavy (non-hydrogen) atoms. The first-order valence-corrected chi connectivity index (χ1v) is 13.3. The van der Waals surface area contributed by atoms with Crippen LogP contribution in [-0.2, 0) is 19.2 Å². The fourth-order valence-corrected chi connectivity index (χ4v) is 6.92. The van der Waals surface area contributed by atoms with Crippen LogP contribution in [0.2, 0.25) is 0 Å². The first-order valence-electron chi connectivity index (χ1n) is 10.0. The normalized spacial score (nSPS) is 12.4. The number of ketones is 1. The Labute approximate surface area is 237 Å². The summed E-state index contributed by atoms with van der Waals surface area (Å²) in [5.41, 5.74) is 5.95. The molecule has 7 N–H and O–H groups in total. The summed E-state index contributed by atoms with van der Waals surface area (Å²) in [7, 11) is 0. The number of halogens is 3. The second kappa shape index (κ2) is 14.4. The van der Waals surface area contributed by atoms with Crippen LogP contribution in [0.5, 0.6) is 0 Å². The lowest BCUT2D eigenvalue weighted by atomic mass is 10.1. The van der Waals surface area contributed by atoms with Gasteiger partial charge in [-0.1, -0.05) is 0 Å². The van der Waals surface area contributed by atoms with Gasteiger partial charge < -0.3 is 31.9 Å². The fourth-order valence-electron chi connectivity index (χ4n) is 2.73. The summed E-state index contributed by atoms with van der Waals surface area (Å²) in [5.74, 6) is -3.72. The third kappa shape index (κ3) is 8.83. The lowest BCUT2D eigenvalue weighted by molar-refractivity contribution is -0.139. The lowest BCUT2D eigenvalue weighted by Crippen LogP contribution is -2.41. The van der Waals surface area contributed by atoms with E-state index in [1.807, 2.05) is 67.8 Å². The zero-order chi connectivity index (χ0) is 26.2. The third-order valence-electron chi connectivity index (χ3n) is 4.46. The van der Waals surface area contributed by atoms with Gasteiger partial charge in [-0.2, -0.15) is 0 Å². The van der Waals surface area contributed by atoms with Crippen molar-refractivity contribution < 1.29 is 34.2 Å². The second-order valence-electron chi connectivity index (χ2n) is 7.26. The molecule has 2 atom stereocenters. The molecule has 0 bridgehead atoms. The number of aliphatic carboxylic acids is 1. The molecule has 0 aromatic heterocycles. The van der Waals surface area contributed by atoms with E-state index >= 15 is 0 Å². The van der Waals surface area contributed by atoms with E-state index in [4.69, 9.17) is 5.73 Å². The number of carbonyl (C=O) groups is 5. The van der Waals surface area contributed by atoms with Gasteiger partial charge in [0, 0.05) is 6.92 Å². The number of hydrogen-bond donors (Lipinski definition) is 6. The van der Waals surface area contributed by atoms with Gasteiger partial charge in [0.15, 0.2) is 5.78 Å². The van der Waals surface area contributed by atoms with Crippen molar-refractivity contribution in [1.29, 1.82) is 0 Å². The average Bonchev–Trinajstić information content (AvgIpc) is 2.73. The molecule has 0 aliphatic rings. The first kappa shape index (κ1) is 30.9. The molecule has 0 saturated carbocycles. The van der Waals surface area contributed by atoms with Gasteiger partial charge in [-0.05, 0) is 101 Å². The first-order chi connectivity index (χ1) is 15.8. The smallest absolute Gasteiger partial charge is 0.326 e. The van der Waals surface area contributed by atoms with Crippen molar-refractivity contribution in [2.75, 3.05) is 17.2 Å². The molecule has 14 heteroatoms. The second-order valence-corrected chi connectivity index (χ2v) is 10.5. The van der Waals surface area contributed by atoms with Gasteiger partial charge in [0.05, 0.1) is 34.1 Å². The van der Waals surface area contributed by atoms with Crippen LogP contribution in [-0.4, -0.2) is 58.4 Å². The summed E-state index contributed by atoms with van der Waals surface area (Å²) in [5, 5.41) is 26.6. The number of amides is 3. The number of unbranched alkanes of at least 4 members (excludes halogenated alkanes) is 1. The van der Waals surface area contributed by atoms with E-state index < -0.39 is 48.0 Å². The van der Waals surface area contributed by atoms with Gasteiger partial charge in [-0.15, -0.1) is 0 Å². The zero-order valence-electron chi connectivity index (χ0n) is 18.3. The lowest BCUT2D eigenvalue weighted by Gasteiger charge is -2.21. The molecule has 188 valence electrons. The van der Waals surface area contributed by atoms with E-state index in [0.29, 0.717) is 30.1 Å². The SMILES string of the molecule is CC(=O)Nc1c(I)c(NC(=O)CC(=O)C(C)O)c(I)c(C(=O)N[C@@H](CCCCN)C(=O)O)c1I. The van der Waals surface area contributed by atoms with Crippen LogP contribution in [0.15, 0.2) is 0 Å². The van der Waals surface area contributed by atoms with Crippen molar-refractivity contribution in [2.24, 2.45) is 5.73 Å². The Morgan fingerprint density at radius 1 is 0.971 bits per heavy atom. The van der Waals surface area contributed by atoms with Crippen molar-refractivity contribution in [1.82, 2.24) is 5.32 Å². The standard InChI is InChI=1S/C20H25I3N4O7/c1-8(28)11(30)7-12(31)27-18-15(22)13(14(21)17(16(18)23)25-9(2)29)19(32)26-10(20(33)34)5-3-4-6-24/h8,10,28H,3-7,24H2,1-2H3,(H,25,29)(H,26,32)(H,27,31)(H,33,34)/t8?,10-/m0/s1. The number of hydrogen-bond acceptors (Lipinski definition) is 7. The summed E-state index contributed by atoms with van der Waals surface area (Å²) < 4.78 is 1.05. The molecule has 0 radical (unpaired) electrons. The van der Waals surface area contributed by atoms with Gasteiger partial charge >= 0.3 is 5.97 Å². The number of Topliss-reactive ketones (excluding diaryl/α,β-unsaturated/α-hetero) is 1. The fraction of sp³-hybridized carbons (Fsp3) is 0.450. The number of nitrogens with two attached hydrogens (primary N) is 1. The molecule has 1 rings (SSSR count). The van der Waals surface area contributed by atoms with Crippen LogP contribution >= 0.6 is 67.8 Å². The van der Waals surface area contributed by atoms with E-state index in [0.717, 1.165) is 0 Å². The number of carboxylic acid groups (broad SMARTS) is 1. The van der Waals surface area contributed by atoms with Crippen LogP contribution < -0.4 is 21.7 Å². The zero-order valence-corrected chi connectivity index (χ0v) is 24.8. The summed E-state index contributed by atoms with van der Waals surface area (Å²) >= 11 is 5.60. The quantitative estimate of drug-likeness (QED) is 0.105. The van der Waals surface area contributed by atoms with Crippen molar-refractivity contribution in [2.45, 2.75) is 51.7 Å². The molecule has 0 heterocycles. The molecule has 0 spiro atoms. The predicted molar refractivity (Wildman–Crippen MR) is 151 cm³/mol. The number of aliphatic hydroxyl groups excluding tert-OH is 1. The largest absolute Gasteiger partial charge is 0.480 e. The number of carbonyl (C=O) groups excluding carboxylic acids is 4. The number of rotatable bonds is 12. The van der Waals surface area contributed by atoms with Crippen LogP contribution in [0.4, 0.5) is 11.4 Å². The highest BCUT2D eigenvalue weighted by atomic mass is 127. The minimum absolute atomic E-state index is 0.0626. The summed E-state index contributed by atoms with van der Waals surface area (Å²) in [4.78, 5) is 60.8. The molecular formula is C20H25I3N4O7. The topological polar surface area (TPSA) is 188 Å². The van der Waals surface area contributed by atoms with Gasteiger partial charge in [-0.25, -0.2) is 4.79 Å². The molecular weight excluding hydrogens is 789 g/mol. The predicted octanol–water partition coefficient (Wildman–Crippen LogP) is 2.05. The maximum Gasteiger partial charge on any atom is 0.326 e. The van der Waals surface area contributed by atoms with Crippen LogP contribution in [0, 0.1) is 10.7 Å². The molecule has 3 amide bonds. The highest BCUT2D eigenvalue weighted by Crippen LogP contribution is 2.39. The van der Waals surface area contributed by atoms with Crippen LogP contribution in [0.25, 0.3) is 0 Å². The number of aliphatic hydroxyl groups is 1. The van der Waals surface area contributed by atoms with Gasteiger partial charge in [-0.3, -0.25) is 19.2 Å². The Hall–Kier alpha value is -1.12. The molecule has 1 unspecified atom stereocenters. The Bertz CT molecular complexity index is 986. The Morgan fingerprint density at radius 2 is 1.53 bits per heavy atom. The van der Waals surface area contributed by atoms with Crippen molar-refractivity contribution >= 4 is 109 Å². The molecule has 1 aromatic rings.